The predicted molar refractivity (Wildman–Crippen MR) is 62.2 cm³/mol. The van der Waals surface area contributed by atoms with E-state index in [0.29, 0.717) is 24.9 Å². The van der Waals surface area contributed by atoms with Gasteiger partial charge in [0.25, 0.3) is 0 Å². The topological polar surface area (TPSA) is 66.6 Å². The number of piperidine rings is 1. The van der Waals surface area contributed by atoms with Crippen LogP contribution in [0.1, 0.15) is 45.4 Å². The Balaban J connectivity index is 2.00. The van der Waals surface area contributed by atoms with Gasteiger partial charge in [0.1, 0.15) is 5.54 Å². The number of hydrogen-bond acceptors (Lipinski definition) is 3. The number of carboxylic acids is 1. The molecule has 2 aliphatic rings. The smallest absolute Gasteiger partial charge is 0.323 e. The lowest BCUT2D eigenvalue weighted by atomic mass is 9.97. The van der Waals surface area contributed by atoms with Gasteiger partial charge in [-0.15, -0.1) is 0 Å². The number of aliphatic carboxylic acids is 1. The number of carboxylic acid groups (broad SMARTS) is 1. The normalized spacial score (nSPS) is 41.1. The monoisotopic (exact) mass is 226 g/mol. The third-order valence-electron chi connectivity index (χ3n) is 4.27. The Labute approximate surface area is 96.8 Å². The number of nitrogens with two attached hydrogens (primary N) is 1. The predicted octanol–water partition coefficient (Wildman–Crippen LogP) is 1.20. The fourth-order valence-corrected chi connectivity index (χ4v) is 3.19. The molecular formula is C12H22N2O2. The molecule has 0 aromatic heterocycles. The molecule has 0 bridgehead atoms. The van der Waals surface area contributed by atoms with Gasteiger partial charge in [-0.2, -0.15) is 0 Å². The maximum absolute atomic E-state index is 11.1. The van der Waals surface area contributed by atoms with Gasteiger partial charge < -0.3 is 10.8 Å². The zero-order valence-electron chi connectivity index (χ0n) is 9.98. The third kappa shape index (κ3) is 2.09. The molecule has 1 saturated heterocycles. The van der Waals surface area contributed by atoms with Gasteiger partial charge in [0.05, 0.1) is 0 Å². The van der Waals surface area contributed by atoms with Gasteiger partial charge in [-0.25, -0.2) is 0 Å². The number of likely N-dealkylation sites (tertiary alicyclic amines) is 1. The summed E-state index contributed by atoms with van der Waals surface area (Å²) in [5, 5.41) is 9.11. The first kappa shape index (κ1) is 11.9. The fraction of sp³-hybridized carbons (Fsp3) is 0.917. The SMILES string of the molecule is CC1CCCCN1C1CCC(N)(C(=O)O)C1. The van der Waals surface area contributed by atoms with Crippen molar-refractivity contribution in [3.05, 3.63) is 0 Å². The molecule has 3 unspecified atom stereocenters. The number of nitrogens with zero attached hydrogens (tertiary/aromatic N) is 1. The van der Waals surface area contributed by atoms with E-state index in [0.717, 1.165) is 13.0 Å². The highest BCUT2D eigenvalue weighted by Crippen LogP contribution is 2.34. The second-order valence-electron chi connectivity index (χ2n) is 5.44. The zero-order chi connectivity index (χ0) is 11.8. The van der Waals surface area contributed by atoms with E-state index in [2.05, 4.69) is 11.8 Å². The summed E-state index contributed by atoms with van der Waals surface area (Å²) in [5.74, 6) is -0.834. The van der Waals surface area contributed by atoms with Crippen molar-refractivity contribution in [3.8, 4) is 0 Å². The van der Waals surface area contributed by atoms with E-state index >= 15 is 0 Å². The molecule has 92 valence electrons. The summed E-state index contributed by atoms with van der Waals surface area (Å²) < 4.78 is 0. The minimum absolute atomic E-state index is 0.386. The summed E-state index contributed by atoms with van der Waals surface area (Å²) in [6.45, 7) is 3.36. The first-order valence-corrected chi connectivity index (χ1v) is 6.31. The molecule has 0 aromatic rings. The van der Waals surface area contributed by atoms with Crippen LogP contribution in [0.3, 0.4) is 0 Å². The van der Waals surface area contributed by atoms with E-state index in [-0.39, 0.29) is 0 Å². The lowest BCUT2D eigenvalue weighted by Crippen LogP contribution is -2.49. The third-order valence-corrected chi connectivity index (χ3v) is 4.27. The van der Waals surface area contributed by atoms with Crippen LogP contribution in [0.25, 0.3) is 0 Å². The molecule has 0 spiro atoms. The molecule has 4 nitrogen and oxygen atoms in total. The van der Waals surface area contributed by atoms with Crippen LogP contribution in [0.5, 0.6) is 0 Å². The minimum atomic E-state index is -0.970. The van der Waals surface area contributed by atoms with Crippen molar-refractivity contribution in [1.82, 2.24) is 4.90 Å². The molecular weight excluding hydrogens is 204 g/mol. The van der Waals surface area contributed by atoms with Crippen molar-refractivity contribution in [2.45, 2.75) is 63.1 Å². The summed E-state index contributed by atoms with van der Waals surface area (Å²) >= 11 is 0. The van der Waals surface area contributed by atoms with Crippen molar-refractivity contribution < 1.29 is 9.90 Å². The summed E-state index contributed by atoms with van der Waals surface area (Å²) in [7, 11) is 0. The molecule has 2 rings (SSSR count). The van der Waals surface area contributed by atoms with Gasteiger partial charge in [0.2, 0.25) is 0 Å². The van der Waals surface area contributed by atoms with Crippen molar-refractivity contribution in [3.63, 3.8) is 0 Å². The van der Waals surface area contributed by atoms with Gasteiger partial charge >= 0.3 is 5.97 Å². The largest absolute Gasteiger partial charge is 0.480 e. The quantitative estimate of drug-likeness (QED) is 0.742. The Morgan fingerprint density at radius 2 is 2.19 bits per heavy atom. The maximum atomic E-state index is 11.1. The van der Waals surface area contributed by atoms with Crippen LogP contribution in [0.4, 0.5) is 0 Å². The van der Waals surface area contributed by atoms with Crippen LogP contribution in [-0.4, -0.2) is 40.1 Å². The van der Waals surface area contributed by atoms with E-state index in [4.69, 9.17) is 10.8 Å². The van der Waals surface area contributed by atoms with Crippen molar-refractivity contribution in [2.24, 2.45) is 5.73 Å². The molecule has 16 heavy (non-hydrogen) atoms. The highest BCUT2D eigenvalue weighted by molar-refractivity contribution is 5.79. The fourth-order valence-electron chi connectivity index (χ4n) is 3.19. The molecule has 0 amide bonds. The summed E-state index contributed by atoms with van der Waals surface area (Å²) in [6, 6.07) is 0.978. The van der Waals surface area contributed by atoms with Crippen molar-refractivity contribution in [2.75, 3.05) is 6.54 Å². The number of hydrogen-bond donors (Lipinski definition) is 2. The van der Waals surface area contributed by atoms with E-state index in [1.807, 2.05) is 0 Å². The summed E-state index contributed by atoms with van der Waals surface area (Å²) in [4.78, 5) is 13.6. The molecule has 3 atom stereocenters. The van der Waals surface area contributed by atoms with Gasteiger partial charge in [0, 0.05) is 12.1 Å². The highest BCUT2D eigenvalue weighted by Gasteiger charge is 2.44. The lowest BCUT2D eigenvalue weighted by Gasteiger charge is -2.38. The molecule has 3 N–H and O–H groups in total. The average Bonchev–Trinajstić information content (AvgIpc) is 2.63. The Bertz CT molecular complexity index is 282. The van der Waals surface area contributed by atoms with Gasteiger partial charge in [0.15, 0.2) is 0 Å². The van der Waals surface area contributed by atoms with Gasteiger partial charge in [-0.3, -0.25) is 9.69 Å². The minimum Gasteiger partial charge on any atom is -0.480 e. The second kappa shape index (κ2) is 4.34. The Kier molecular flexibility index (Phi) is 3.22. The first-order chi connectivity index (χ1) is 7.53. The molecule has 2 fully saturated rings. The van der Waals surface area contributed by atoms with E-state index in [9.17, 15) is 4.79 Å². The van der Waals surface area contributed by atoms with Gasteiger partial charge in [-0.1, -0.05) is 6.42 Å². The van der Waals surface area contributed by atoms with Crippen LogP contribution in [0.15, 0.2) is 0 Å². The van der Waals surface area contributed by atoms with E-state index in [1.165, 1.54) is 19.3 Å². The van der Waals surface area contributed by atoms with E-state index < -0.39 is 11.5 Å². The number of rotatable bonds is 2. The lowest BCUT2D eigenvalue weighted by molar-refractivity contribution is -0.143. The maximum Gasteiger partial charge on any atom is 0.323 e. The molecule has 0 aromatic carbocycles. The Morgan fingerprint density at radius 3 is 2.75 bits per heavy atom. The van der Waals surface area contributed by atoms with Crippen molar-refractivity contribution >= 4 is 5.97 Å². The molecule has 1 heterocycles. The van der Waals surface area contributed by atoms with Crippen LogP contribution in [0, 0.1) is 0 Å². The molecule has 1 aliphatic carbocycles. The van der Waals surface area contributed by atoms with Gasteiger partial charge in [-0.05, 0) is 45.6 Å². The molecule has 1 aliphatic heterocycles. The summed E-state index contributed by atoms with van der Waals surface area (Å²) in [6.07, 6.45) is 5.96. The van der Waals surface area contributed by atoms with Crippen molar-refractivity contribution in [1.29, 1.82) is 0 Å². The Hall–Kier alpha value is -0.610. The molecule has 1 saturated carbocycles. The van der Waals surface area contributed by atoms with Crippen LogP contribution < -0.4 is 5.73 Å². The standard InChI is InChI=1S/C12H22N2O2/c1-9-4-2-3-7-14(9)10-5-6-12(13,8-10)11(15)16/h9-10H,2-8,13H2,1H3,(H,15,16). The molecule has 4 heteroatoms. The van der Waals surface area contributed by atoms with Crippen LogP contribution >= 0.6 is 0 Å². The Morgan fingerprint density at radius 1 is 1.44 bits per heavy atom. The average molecular weight is 226 g/mol. The second-order valence-corrected chi connectivity index (χ2v) is 5.44. The van der Waals surface area contributed by atoms with E-state index in [1.54, 1.807) is 0 Å². The summed E-state index contributed by atoms with van der Waals surface area (Å²) in [5.41, 5.74) is 4.95. The molecule has 0 radical (unpaired) electrons. The number of carbonyl (C=O) groups is 1. The van der Waals surface area contributed by atoms with Crippen LogP contribution in [0.2, 0.25) is 0 Å². The zero-order valence-corrected chi connectivity index (χ0v) is 9.98. The van der Waals surface area contributed by atoms with Crippen LogP contribution in [-0.2, 0) is 4.79 Å². The highest BCUT2D eigenvalue weighted by atomic mass is 16.4. The first-order valence-electron chi connectivity index (χ1n) is 6.31.